The molecule has 1 unspecified atom stereocenters. The second-order valence-electron chi connectivity index (χ2n) is 37.3. The second-order valence-corrected chi connectivity index (χ2v) is 37.3. The van der Waals surface area contributed by atoms with Crippen molar-refractivity contribution in [3.8, 4) is 22.5 Å². The highest BCUT2D eigenvalue weighted by Crippen LogP contribution is 2.61. The lowest BCUT2D eigenvalue weighted by Gasteiger charge is -2.56. The van der Waals surface area contributed by atoms with Crippen LogP contribution in [0.3, 0.4) is 0 Å². The number of hydrogen-bond donors (Lipinski definition) is 8. The molecule has 10 N–H and O–H groups in total. The molecular weight excluding hydrogens is 1690 g/mol. The van der Waals surface area contributed by atoms with E-state index in [9.17, 15) is 53.1 Å². The minimum Gasteiger partial charge on any atom is -0.481 e. The summed E-state index contributed by atoms with van der Waals surface area (Å²) in [5, 5.41) is 32.6. The number of amides is 6. The molecule has 10 atom stereocenters. The van der Waals surface area contributed by atoms with Gasteiger partial charge >= 0.3 is 18.1 Å². The summed E-state index contributed by atoms with van der Waals surface area (Å²) in [6, 6.07) is 31.4. The Morgan fingerprint density at radius 3 is 1.78 bits per heavy atom. The summed E-state index contributed by atoms with van der Waals surface area (Å²) in [7, 11) is 0. The van der Waals surface area contributed by atoms with E-state index in [4.69, 9.17) is 49.4 Å². The first-order valence-corrected chi connectivity index (χ1v) is 47.5. The fourth-order valence-corrected chi connectivity index (χ4v) is 20.7. The van der Waals surface area contributed by atoms with Crippen LogP contribution in [0.4, 0.5) is 21.0 Å². The lowest BCUT2D eigenvalue weighted by molar-refractivity contribution is -0.146. The van der Waals surface area contributed by atoms with Gasteiger partial charge in [0.15, 0.2) is 11.6 Å². The molecule has 0 radical (unpaired) electrons. The van der Waals surface area contributed by atoms with Crippen LogP contribution in [-0.2, 0) is 131 Å². The zero-order chi connectivity index (χ0) is 94.4. The second kappa shape index (κ2) is 49.5. The zero-order valence-corrected chi connectivity index (χ0v) is 78.1. The lowest BCUT2D eigenvalue weighted by atomic mass is 9.47. The quantitative estimate of drug-likeness (QED) is 0.00998. The molecule has 5 aromatic carbocycles. The number of rotatable bonds is 55. The van der Waals surface area contributed by atoms with Crippen LogP contribution in [-0.4, -0.2) is 203 Å². The van der Waals surface area contributed by atoms with E-state index in [-0.39, 0.29) is 176 Å². The Bertz CT molecular complexity index is 4940. The standard InChI is InChI=1S/C102H138N10O20/c1-8-9-46-125-50-54-129-57-53-128-49-45-112-95-76-19-11-10-17-72(76)62-79(77-20-12-13-21-78(77)94(95)110-111-112)83(113)33-36-90(118)105-44-48-127-52-56-131-59-58-130-55-51-126-47-38-91(119)109-93(67(2)3)85(115)63-73(18-14-43-106-97(104)123)96(122)107-75-30-23-68(24-31-75)66-132-98(124)108-82(32-37-92(120)121)84(114)61-69-22-25-70-27-34-86-99(4,80(70)60-69)39-15-41-101(86,6)88(116)65-89(117)102(7)42-16-40-100(5)81-64-74(103)29-26-71(81)28-35-87(100)102/h10-13,17,19-26,29-31,60,64,67,73,79,82,86-87,93H,8-9,14-16,18,27-28,32-59,61-63,65-66,103H2,1-7H3,(H,105,118)(H,107,122)(H,108,124)(H,109,119)(H,120,121)(H3,104,106,123)/t73-,79?,82+,86-,87-,93+,99-,100-,101+,102+/m1/s1. The number of carboxylic acid groups (broad SMARTS) is 1. The van der Waals surface area contributed by atoms with Crippen LogP contribution < -0.4 is 38.1 Å². The number of aromatic nitrogens is 3. The van der Waals surface area contributed by atoms with E-state index in [0.29, 0.717) is 81.3 Å². The molecule has 0 saturated heterocycles. The van der Waals surface area contributed by atoms with Crippen molar-refractivity contribution in [3.05, 3.63) is 154 Å². The van der Waals surface area contributed by atoms with Gasteiger partial charge in [0.25, 0.3) is 0 Å². The number of nitrogens with zero attached hydrogens (tertiary/aromatic N) is 3. The highest BCUT2D eigenvalue weighted by atomic mass is 16.6. The molecule has 132 heavy (non-hydrogen) atoms. The Hall–Kier alpha value is -10.5. The number of primary amides is 1. The number of ether oxygens (including phenoxy) is 8. The summed E-state index contributed by atoms with van der Waals surface area (Å²) in [6.45, 7) is 19.9. The predicted molar refractivity (Wildman–Crippen MR) is 498 cm³/mol. The van der Waals surface area contributed by atoms with Gasteiger partial charge in [0.05, 0.1) is 117 Å². The number of carboxylic acids is 1. The van der Waals surface area contributed by atoms with E-state index >= 15 is 4.79 Å². The van der Waals surface area contributed by atoms with Crippen LogP contribution in [0.15, 0.2) is 109 Å². The number of nitrogens with two attached hydrogens (primary N) is 2. The number of ketones is 5. The van der Waals surface area contributed by atoms with E-state index in [2.05, 4.69) is 83.6 Å². The topological polar surface area (TPSA) is 425 Å². The summed E-state index contributed by atoms with van der Waals surface area (Å²) in [6.07, 6.45) is 9.19. The number of aryl methyl sites for hydroxylation is 2. The van der Waals surface area contributed by atoms with Crippen molar-refractivity contribution in [1.29, 1.82) is 0 Å². The molecule has 30 heteroatoms. The molecule has 11 rings (SSSR count). The first-order chi connectivity index (χ1) is 63.5. The van der Waals surface area contributed by atoms with Crippen LogP contribution in [0, 0.1) is 34.5 Å². The van der Waals surface area contributed by atoms with E-state index in [0.717, 1.165) is 122 Å². The SMILES string of the molecule is CCCCOCCOCCOCCn1nnc2c1-c1ccccc1CC(C(=O)CCC(=O)NCCOCCOCCOCCOCCC(=O)N[C@H](C(=O)C[C@@H](CCCNC(N)=O)C(=O)Nc1ccc(COC(=O)N[C@@H](CCC(=O)O)C(=O)Cc3ccc4c(c3)[C@@]3(C)CCC[C@](C)(C(=O)CC(=O)[C@@]5(C)CCC[C@]6(C)c7cc(N)ccc7CC[C@@H]56)[C@@H]3CC4)cc1)C(C)C)c1ccccc1-2. The van der Waals surface area contributed by atoms with Gasteiger partial charge in [-0.05, 0) is 181 Å². The molecule has 716 valence electrons. The molecule has 2 fully saturated rings. The summed E-state index contributed by atoms with van der Waals surface area (Å²) >= 11 is 0. The minimum absolute atomic E-state index is 0.00373. The van der Waals surface area contributed by atoms with E-state index < -0.39 is 82.3 Å². The first kappa shape index (κ1) is 102. The first-order valence-electron chi connectivity index (χ1n) is 47.5. The number of alkyl carbamates (subject to hydrolysis) is 1. The van der Waals surface area contributed by atoms with Gasteiger partial charge in [0, 0.05) is 103 Å². The van der Waals surface area contributed by atoms with Gasteiger partial charge in [-0.3, -0.25) is 43.2 Å². The van der Waals surface area contributed by atoms with E-state index in [1.165, 1.54) is 11.1 Å². The Kier molecular flexibility index (Phi) is 38.3. The Balaban J connectivity index is 0.555. The number of Topliss-reactive ketones (excluding diaryl/α,β-unsaturated/α-hetero) is 5. The van der Waals surface area contributed by atoms with E-state index in [1.807, 2.05) is 77.5 Å². The maximum Gasteiger partial charge on any atom is 0.408 e. The van der Waals surface area contributed by atoms with Crippen LogP contribution in [0.5, 0.6) is 0 Å². The van der Waals surface area contributed by atoms with Gasteiger partial charge in [-0.15, -0.1) is 5.10 Å². The van der Waals surface area contributed by atoms with Crippen LogP contribution in [0.2, 0.25) is 0 Å². The molecule has 1 aromatic heterocycles. The molecule has 0 aliphatic heterocycles. The minimum atomic E-state index is -1.21. The molecule has 6 amide bonds. The molecular formula is C102H138N10O20. The number of unbranched alkanes of at least 4 members (excludes halogenated alkanes) is 1. The van der Waals surface area contributed by atoms with Gasteiger partial charge in [0.2, 0.25) is 17.7 Å². The molecule has 1 heterocycles. The van der Waals surface area contributed by atoms with Crippen molar-refractivity contribution in [3.63, 3.8) is 0 Å². The fraction of sp³-hybridized carbons (Fsp3) is 0.578. The van der Waals surface area contributed by atoms with Gasteiger partial charge in [-0.25, -0.2) is 14.3 Å². The Morgan fingerprint density at radius 1 is 0.568 bits per heavy atom. The molecule has 0 spiro atoms. The Morgan fingerprint density at radius 2 is 1.15 bits per heavy atom. The number of nitrogen functional groups attached to an aromatic ring is 1. The smallest absolute Gasteiger partial charge is 0.408 e. The number of nitrogens with one attached hydrogen (secondary N) is 5. The number of urea groups is 1. The molecule has 30 nitrogen and oxygen atoms in total. The maximum absolute atomic E-state index is 15.0. The number of carbonyl (C=O) groups excluding carboxylic acids is 10. The number of carbonyl (C=O) groups is 11. The Labute approximate surface area is 775 Å². The number of fused-ring (bicyclic) bond motifs is 11. The summed E-state index contributed by atoms with van der Waals surface area (Å²) in [5.74, 6) is -4.85. The predicted octanol–water partition coefficient (Wildman–Crippen LogP) is 12.9. The number of aliphatic carboxylic acids is 1. The third-order valence-corrected chi connectivity index (χ3v) is 27.9. The van der Waals surface area contributed by atoms with E-state index in [1.54, 1.807) is 38.1 Å². The van der Waals surface area contributed by atoms with Gasteiger partial charge < -0.3 is 81.1 Å². The van der Waals surface area contributed by atoms with Crippen molar-refractivity contribution >= 4 is 76.1 Å². The summed E-state index contributed by atoms with van der Waals surface area (Å²) < 4.78 is 47.2. The monoisotopic (exact) mass is 1820 g/mol. The highest BCUT2D eigenvalue weighted by Gasteiger charge is 2.58. The zero-order valence-electron chi connectivity index (χ0n) is 78.1. The van der Waals surface area contributed by atoms with Crippen LogP contribution in [0.25, 0.3) is 22.5 Å². The fourth-order valence-electron chi connectivity index (χ4n) is 20.7. The van der Waals surface area contributed by atoms with Gasteiger partial charge in [0.1, 0.15) is 29.7 Å². The third kappa shape index (κ3) is 27.4. The number of hydrogen-bond acceptors (Lipinski definition) is 22. The normalized spacial score (nSPS) is 20.6. The van der Waals surface area contributed by atoms with Crippen molar-refractivity contribution in [1.82, 2.24) is 36.3 Å². The van der Waals surface area contributed by atoms with Crippen molar-refractivity contribution in [2.75, 3.05) is 117 Å². The van der Waals surface area contributed by atoms with Crippen LogP contribution >= 0.6 is 0 Å². The maximum atomic E-state index is 15.0. The average molecular weight is 1820 g/mol. The summed E-state index contributed by atoms with van der Waals surface area (Å²) in [5.41, 5.74) is 21.7. The van der Waals surface area contributed by atoms with Crippen molar-refractivity contribution in [2.24, 2.45) is 40.2 Å². The van der Waals surface area contributed by atoms with Gasteiger partial charge in [-0.2, -0.15) is 0 Å². The largest absolute Gasteiger partial charge is 0.481 e. The summed E-state index contributed by atoms with van der Waals surface area (Å²) in [4.78, 5) is 150. The van der Waals surface area contributed by atoms with Crippen molar-refractivity contribution < 1.29 is 95.7 Å². The molecule has 5 aliphatic rings. The van der Waals surface area contributed by atoms with Gasteiger partial charge in [-0.1, -0.05) is 158 Å². The number of anilines is 2. The molecule has 0 bridgehead atoms. The lowest BCUT2D eigenvalue weighted by Crippen LogP contribution is -2.55. The molecule has 2 saturated carbocycles. The average Bonchev–Trinajstić information content (AvgIpc) is 0.841. The third-order valence-electron chi connectivity index (χ3n) is 27.9. The molecule has 6 aromatic rings. The number of benzene rings is 5. The molecule has 5 aliphatic carbocycles. The highest BCUT2D eigenvalue weighted by molar-refractivity contribution is 6.05. The van der Waals surface area contributed by atoms with Crippen LogP contribution in [0.1, 0.15) is 221 Å². The van der Waals surface area contributed by atoms with Crippen molar-refractivity contribution in [2.45, 2.75) is 238 Å².